The van der Waals surface area contributed by atoms with E-state index in [0.29, 0.717) is 17.7 Å². The predicted octanol–water partition coefficient (Wildman–Crippen LogP) is 3.27. The summed E-state index contributed by atoms with van der Waals surface area (Å²) in [6, 6.07) is 3.47. The van der Waals surface area contributed by atoms with E-state index in [2.05, 4.69) is 5.32 Å². The molecule has 0 aliphatic carbocycles. The maximum atomic E-state index is 12.6. The number of aliphatic hydroxyl groups is 1. The molecule has 2 rings (SSSR count). The Kier molecular flexibility index (Phi) is 5.31. The van der Waals surface area contributed by atoms with Crippen LogP contribution < -0.4 is 5.32 Å². The minimum Gasteiger partial charge on any atom is -0.384 e. The molecule has 26 heavy (non-hydrogen) atoms. The van der Waals surface area contributed by atoms with Gasteiger partial charge in [-0.3, -0.25) is 10.1 Å². The van der Waals surface area contributed by atoms with Gasteiger partial charge >= 0.3 is 5.51 Å². The second kappa shape index (κ2) is 6.85. The third kappa shape index (κ3) is 3.97. The Labute approximate surface area is 150 Å². The van der Waals surface area contributed by atoms with Crippen LogP contribution in [0.25, 0.3) is 0 Å². The van der Waals surface area contributed by atoms with Gasteiger partial charge in [0.1, 0.15) is 11.3 Å². The zero-order chi connectivity index (χ0) is 19.8. The van der Waals surface area contributed by atoms with Crippen molar-refractivity contribution in [2.75, 3.05) is 11.9 Å². The van der Waals surface area contributed by atoms with Gasteiger partial charge in [-0.1, -0.05) is 0 Å². The second-order valence-electron chi connectivity index (χ2n) is 5.52. The van der Waals surface area contributed by atoms with Crippen LogP contribution in [0.15, 0.2) is 39.9 Å². The average Bonchev–Trinajstić information content (AvgIpc) is 3.07. The number of nitro groups is 1. The average molecular weight is 410 g/mol. The molecule has 1 atom stereocenters. The van der Waals surface area contributed by atoms with E-state index in [1.165, 1.54) is 18.3 Å². The van der Waals surface area contributed by atoms with Crippen molar-refractivity contribution in [3.8, 4) is 0 Å². The third-order valence-corrected chi connectivity index (χ3v) is 5.71. The smallest absolute Gasteiger partial charge is 0.384 e. The number of hydrogen-bond acceptors (Lipinski definition) is 7. The first kappa shape index (κ1) is 20.1. The number of nitrogens with zero attached hydrogens (tertiary/aromatic N) is 1. The Bertz CT molecular complexity index is 909. The lowest BCUT2D eigenvalue weighted by Crippen LogP contribution is -2.30. The summed E-state index contributed by atoms with van der Waals surface area (Å²) in [6.45, 7) is 1.27. The minimum absolute atomic E-state index is 0.185. The lowest BCUT2D eigenvalue weighted by atomic mass is 9.99. The lowest BCUT2D eigenvalue weighted by molar-refractivity contribution is -0.384. The maximum Gasteiger partial charge on any atom is 0.501 e. The number of nitrogens with one attached hydrogen (secondary N) is 1. The van der Waals surface area contributed by atoms with Crippen molar-refractivity contribution in [3.63, 3.8) is 0 Å². The van der Waals surface area contributed by atoms with Crippen molar-refractivity contribution in [1.82, 2.24) is 0 Å². The van der Waals surface area contributed by atoms with E-state index in [1.807, 2.05) is 0 Å². The number of sulfone groups is 1. The topological polar surface area (TPSA) is 110 Å². The fourth-order valence-corrected chi connectivity index (χ4v) is 3.62. The van der Waals surface area contributed by atoms with Crippen molar-refractivity contribution in [2.24, 2.45) is 0 Å². The molecule has 7 nitrogen and oxygen atoms in total. The molecule has 142 valence electrons. The Hall–Kier alpha value is -2.18. The highest BCUT2D eigenvalue weighted by Crippen LogP contribution is 2.35. The molecule has 0 fully saturated rings. The summed E-state index contributed by atoms with van der Waals surface area (Å²) < 4.78 is 60.6. The molecule has 0 bridgehead atoms. The molecular weight excluding hydrogens is 397 g/mol. The minimum atomic E-state index is -5.71. The predicted molar refractivity (Wildman–Crippen MR) is 88.7 cm³/mol. The molecule has 12 heteroatoms. The number of rotatable bonds is 6. The van der Waals surface area contributed by atoms with Gasteiger partial charge in [-0.05, 0) is 41.4 Å². The molecule has 1 aromatic heterocycles. The Morgan fingerprint density at radius 1 is 1.31 bits per heavy atom. The summed E-state index contributed by atoms with van der Waals surface area (Å²) in [5.41, 5.74) is -7.49. The van der Waals surface area contributed by atoms with E-state index in [1.54, 1.807) is 16.8 Å². The van der Waals surface area contributed by atoms with Gasteiger partial charge in [0.25, 0.3) is 15.5 Å². The first-order chi connectivity index (χ1) is 11.9. The number of halogens is 3. The molecule has 1 heterocycles. The van der Waals surface area contributed by atoms with Crippen LogP contribution in [0, 0.1) is 10.1 Å². The van der Waals surface area contributed by atoms with Gasteiger partial charge in [0, 0.05) is 12.6 Å². The van der Waals surface area contributed by atoms with Crippen LogP contribution in [-0.2, 0) is 15.4 Å². The first-order valence-electron chi connectivity index (χ1n) is 6.95. The fourth-order valence-electron chi connectivity index (χ4n) is 2.05. The molecule has 0 spiro atoms. The molecule has 1 aromatic carbocycles. The van der Waals surface area contributed by atoms with Crippen molar-refractivity contribution >= 4 is 32.5 Å². The van der Waals surface area contributed by atoms with E-state index in [9.17, 15) is 36.8 Å². The molecule has 1 unspecified atom stereocenters. The van der Waals surface area contributed by atoms with Crippen LogP contribution >= 0.6 is 11.3 Å². The second-order valence-corrected chi connectivity index (χ2v) is 8.25. The van der Waals surface area contributed by atoms with Crippen molar-refractivity contribution in [3.05, 3.63) is 50.7 Å². The standard InChI is InChI=1S/C14H13F3N2O5S2/c1-13(20,9-4-5-25-7-9)8-18-11-3-2-10(6-12(11)19(21)22)26(23,24)14(15,16)17/h2-7,18,20H,8H2,1H3. The molecule has 0 saturated carbocycles. The zero-order valence-corrected chi connectivity index (χ0v) is 14.8. The molecular formula is C14H13F3N2O5S2. The number of nitro benzene ring substituents is 1. The molecule has 2 N–H and O–H groups in total. The Morgan fingerprint density at radius 3 is 2.46 bits per heavy atom. The van der Waals surface area contributed by atoms with Gasteiger partial charge in [-0.15, -0.1) is 0 Å². The molecule has 0 saturated heterocycles. The highest BCUT2D eigenvalue weighted by molar-refractivity contribution is 7.92. The highest BCUT2D eigenvalue weighted by Gasteiger charge is 2.47. The Morgan fingerprint density at radius 2 is 1.96 bits per heavy atom. The first-order valence-corrected chi connectivity index (χ1v) is 9.37. The van der Waals surface area contributed by atoms with Crippen LogP contribution in [0.4, 0.5) is 24.5 Å². The summed E-state index contributed by atoms with van der Waals surface area (Å²) >= 11 is 1.33. The maximum absolute atomic E-state index is 12.6. The number of alkyl halides is 3. The molecule has 0 amide bonds. The molecule has 0 aliphatic heterocycles. The molecule has 0 aliphatic rings. The zero-order valence-electron chi connectivity index (χ0n) is 13.1. The lowest BCUT2D eigenvalue weighted by Gasteiger charge is -2.23. The van der Waals surface area contributed by atoms with Gasteiger partial charge in [0.05, 0.1) is 9.82 Å². The van der Waals surface area contributed by atoms with Gasteiger partial charge in [-0.2, -0.15) is 24.5 Å². The quantitative estimate of drug-likeness (QED) is 0.559. The highest BCUT2D eigenvalue weighted by atomic mass is 32.2. The van der Waals surface area contributed by atoms with Gasteiger partial charge in [0.2, 0.25) is 0 Å². The summed E-state index contributed by atoms with van der Waals surface area (Å²) in [5.74, 6) is 0. The van der Waals surface area contributed by atoms with Crippen LogP contribution in [0.1, 0.15) is 12.5 Å². The Balaban J connectivity index is 2.35. The van der Waals surface area contributed by atoms with Gasteiger partial charge in [0.15, 0.2) is 0 Å². The van der Waals surface area contributed by atoms with Crippen molar-refractivity contribution in [2.45, 2.75) is 22.9 Å². The summed E-state index contributed by atoms with van der Waals surface area (Å²) in [5, 5.41) is 27.5. The van der Waals surface area contributed by atoms with Crippen LogP contribution in [0.2, 0.25) is 0 Å². The summed E-state index contributed by atoms with van der Waals surface area (Å²) in [7, 11) is -5.71. The van der Waals surface area contributed by atoms with E-state index < -0.39 is 36.5 Å². The monoisotopic (exact) mass is 410 g/mol. The van der Waals surface area contributed by atoms with Crippen molar-refractivity contribution in [1.29, 1.82) is 0 Å². The van der Waals surface area contributed by atoms with Crippen molar-refractivity contribution < 1.29 is 31.6 Å². The number of hydrogen-bond donors (Lipinski definition) is 2. The van der Waals surface area contributed by atoms with Crippen LogP contribution in [-0.4, -0.2) is 30.5 Å². The summed E-state index contributed by atoms with van der Waals surface area (Å²) in [4.78, 5) is 8.90. The van der Waals surface area contributed by atoms with Crippen LogP contribution in [0.5, 0.6) is 0 Å². The van der Waals surface area contributed by atoms with E-state index in [0.717, 1.165) is 6.07 Å². The summed E-state index contributed by atoms with van der Waals surface area (Å²) in [6.07, 6.45) is 0. The van der Waals surface area contributed by atoms with E-state index in [-0.39, 0.29) is 12.2 Å². The number of thiophene rings is 1. The largest absolute Gasteiger partial charge is 0.501 e. The SMILES string of the molecule is CC(O)(CNc1ccc(S(=O)(=O)C(F)(F)F)cc1[N+](=O)[O-])c1ccsc1. The van der Waals surface area contributed by atoms with Crippen LogP contribution in [0.3, 0.4) is 0 Å². The van der Waals surface area contributed by atoms with E-state index in [4.69, 9.17) is 0 Å². The normalized spacial score (nSPS) is 14.7. The molecule has 0 radical (unpaired) electrons. The van der Waals surface area contributed by atoms with Gasteiger partial charge in [-0.25, -0.2) is 8.42 Å². The van der Waals surface area contributed by atoms with Gasteiger partial charge < -0.3 is 10.4 Å². The molecule has 2 aromatic rings. The fraction of sp³-hybridized carbons (Fsp3) is 0.286. The third-order valence-electron chi connectivity index (χ3n) is 3.55. The van der Waals surface area contributed by atoms with E-state index >= 15 is 0 Å². The number of benzene rings is 1. The number of anilines is 1.